The van der Waals surface area contributed by atoms with Crippen LogP contribution in [0.5, 0.6) is 0 Å². The Kier molecular flexibility index (Phi) is 4.01. The molecule has 1 aromatic rings. The van der Waals surface area contributed by atoms with Gasteiger partial charge in [-0.05, 0) is 24.3 Å². The Hall–Kier alpha value is -0.0900. The van der Waals surface area contributed by atoms with Crippen LogP contribution in [0.4, 0.5) is 0 Å². The van der Waals surface area contributed by atoms with E-state index in [0.29, 0.717) is 17.9 Å². The first-order chi connectivity index (χ1) is 5.75. The maximum Gasteiger partial charge on any atom is 0.0897 e. The third-order valence-electron chi connectivity index (χ3n) is 1.58. The third-order valence-corrected chi connectivity index (χ3v) is 3.04. The molecule has 1 heterocycles. The van der Waals surface area contributed by atoms with Crippen LogP contribution in [-0.4, -0.2) is 16.8 Å². The Morgan fingerprint density at radius 2 is 2.33 bits per heavy atom. The van der Waals surface area contributed by atoms with Crippen LogP contribution in [0, 0.1) is 0 Å². The van der Waals surface area contributed by atoms with Crippen molar-refractivity contribution in [2.75, 3.05) is 6.61 Å². The molecule has 1 unspecified atom stereocenters. The summed E-state index contributed by atoms with van der Waals surface area (Å²) >= 11 is 7.25. The van der Waals surface area contributed by atoms with Crippen molar-refractivity contribution in [3.05, 3.63) is 21.3 Å². The molecule has 0 amide bonds. The Bertz CT molecular complexity index is 237. The van der Waals surface area contributed by atoms with E-state index in [1.165, 1.54) is 11.3 Å². The summed E-state index contributed by atoms with van der Waals surface area (Å²) in [6.45, 7) is 0.111. The molecule has 2 nitrogen and oxygen atoms in total. The smallest absolute Gasteiger partial charge is 0.0897 e. The molecule has 0 fully saturated rings. The van der Waals surface area contributed by atoms with Crippen LogP contribution in [0.25, 0.3) is 0 Å². The van der Waals surface area contributed by atoms with E-state index in [2.05, 4.69) is 0 Å². The first kappa shape index (κ1) is 9.99. The molecule has 2 N–H and O–H groups in total. The molecule has 0 bridgehead atoms. The number of halogens is 1. The molecule has 1 aromatic heterocycles. The van der Waals surface area contributed by atoms with Gasteiger partial charge in [-0.3, -0.25) is 0 Å². The summed E-state index contributed by atoms with van der Waals surface area (Å²) in [7, 11) is 0. The van der Waals surface area contributed by atoms with Gasteiger partial charge in [-0.2, -0.15) is 0 Å². The highest BCUT2D eigenvalue weighted by molar-refractivity contribution is 7.10. The molecule has 0 aliphatic carbocycles. The predicted molar refractivity (Wildman–Crippen MR) is 50.6 cm³/mol. The number of hydrogen-bond donors (Lipinski definition) is 2. The van der Waals surface area contributed by atoms with Gasteiger partial charge in [-0.1, -0.05) is 11.6 Å². The van der Waals surface area contributed by atoms with Gasteiger partial charge in [0, 0.05) is 6.61 Å². The van der Waals surface area contributed by atoms with Crippen molar-refractivity contribution in [3.63, 3.8) is 0 Å². The SMILES string of the molecule is OCCCC(O)c1sccc1Cl. The minimum atomic E-state index is -0.523. The molecule has 0 aromatic carbocycles. The van der Waals surface area contributed by atoms with Crippen LogP contribution >= 0.6 is 22.9 Å². The summed E-state index contributed by atoms with van der Waals surface area (Å²) in [5.41, 5.74) is 0. The van der Waals surface area contributed by atoms with E-state index in [1.54, 1.807) is 6.07 Å². The predicted octanol–water partition coefficient (Wildman–Crippen LogP) is 2.21. The number of aliphatic hydroxyl groups is 2. The van der Waals surface area contributed by atoms with E-state index < -0.39 is 6.10 Å². The second-order valence-electron chi connectivity index (χ2n) is 2.51. The zero-order valence-corrected chi connectivity index (χ0v) is 8.11. The van der Waals surface area contributed by atoms with Gasteiger partial charge in [0.25, 0.3) is 0 Å². The molecule has 0 spiro atoms. The summed E-state index contributed by atoms with van der Waals surface area (Å²) in [6, 6.07) is 1.77. The quantitative estimate of drug-likeness (QED) is 0.793. The summed E-state index contributed by atoms with van der Waals surface area (Å²) in [6.07, 6.45) is 0.649. The van der Waals surface area contributed by atoms with E-state index >= 15 is 0 Å². The molecule has 0 saturated carbocycles. The maximum absolute atomic E-state index is 9.54. The molecule has 68 valence electrons. The minimum absolute atomic E-state index is 0.111. The molecule has 12 heavy (non-hydrogen) atoms. The molecule has 0 aliphatic rings. The van der Waals surface area contributed by atoms with Crippen molar-refractivity contribution in [1.82, 2.24) is 0 Å². The van der Waals surface area contributed by atoms with Crippen LogP contribution in [0.1, 0.15) is 23.8 Å². The van der Waals surface area contributed by atoms with Crippen LogP contribution in [-0.2, 0) is 0 Å². The molecule has 1 rings (SSSR count). The fraction of sp³-hybridized carbons (Fsp3) is 0.500. The van der Waals surface area contributed by atoms with E-state index in [1.807, 2.05) is 5.38 Å². The van der Waals surface area contributed by atoms with Crippen molar-refractivity contribution in [1.29, 1.82) is 0 Å². The summed E-state index contributed by atoms with van der Waals surface area (Å²) in [5, 5.41) is 20.5. The van der Waals surface area contributed by atoms with Gasteiger partial charge in [-0.25, -0.2) is 0 Å². The lowest BCUT2D eigenvalue weighted by atomic mass is 10.2. The van der Waals surface area contributed by atoms with Crippen LogP contribution in [0.3, 0.4) is 0 Å². The second-order valence-corrected chi connectivity index (χ2v) is 3.87. The molecule has 0 saturated heterocycles. The van der Waals surface area contributed by atoms with Crippen molar-refractivity contribution in [2.24, 2.45) is 0 Å². The first-order valence-electron chi connectivity index (χ1n) is 3.77. The number of thiophene rings is 1. The Morgan fingerprint density at radius 1 is 1.58 bits per heavy atom. The summed E-state index contributed by atoms with van der Waals surface area (Å²) in [4.78, 5) is 0.796. The zero-order valence-electron chi connectivity index (χ0n) is 6.53. The maximum atomic E-state index is 9.54. The monoisotopic (exact) mass is 206 g/mol. The highest BCUT2D eigenvalue weighted by atomic mass is 35.5. The van der Waals surface area contributed by atoms with Gasteiger partial charge in [0.1, 0.15) is 0 Å². The normalized spacial score (nSPS) is 13.2. The van der Waals surface area contributed by atoms with Crippen LogP contribution in [0.2, 0.25) is 5.02 Å². The van der Waals surface area contributed by atoms with Crippen molar-refractivity contribution in [3.8, 4) is 0 Å². The molecular weight excluding hydrogens is 196 g/mol. The average Bonchev–Trinajstić information content (AvgIpc) is 2.47. The first-order valence-corrected chi connectivity index (χ1v) is 5.03. The highest BCUT2D eigenvalue weighted by Crippen LogP contribution is 2.30. The standard InChI is InChI=1S/C8H11ClO2S/c9-6-3-5-12-8(6)7(11)2-1-4-10/h3,5,7,10-11H,1-2,4H2. The van der Waals surface area contributed by atoms with Gasteiger partial charge in [0.15, 0.2) is 0 Å². The zero-order chi connectivity index (χ0) is 8.97. The Morgan fingerprint density at radius 3 is 2.83 bits per heavy atom. The van der Waals surface area contributed by atoms with Gasteiger partial charge in [-0.15, -0.1) is 11.3 Å². The molecular formula is C8H11ClO2S. The lowest BCUT2D eigenvalue weighted by molar-refractivity contribution is 0.155. The molecule has 0 radical (unpaired) electrons. The fourth-order valence-corrected chi connectivity index (χ4v) is 2.16. The number of rotatable bonds is 4. The Balaban J connectivity index is 2.52. The van der Waals surface area contributed by atoms with Crippen molar-refractivity contribution in [2.45, 2.75) is 18.9 Å². The molecule has 1 atom stereocenters. The fourth-order valence-electron chi connectivity index (χ4n) is 0.959. The van der Waals surface area contributed by atoms with E-state index in [-0.39, 0.29) is 6.61 Å². The van der Waals surface area contributed by atoms with E-state index in [4.69, 9.17) is 16.7 Å². The second kappa shape index (κ2) is 4.82. The number of aliphatic hydroxyl groups excluding tert-OH is 2. The minimum Gasteiger partial charge on any atom is -0.396 e. The van der Waals surface area contributed by atoms with E-state index in [9.17, 15) is 5.11 Å². The van der Waals surface area contributed by atoms with Gasteiger partial charge < -0.3 is 10.2 Å². The lowest BCUT2D eigenvalue weighted by Crippen LogP contribution is -1.96. The van der Waals surface area contributed by atoms with Crippen LogP contribution in [0.15, 0.2) is 11.4 Å². The lowest BCUT2D eigenvalue weighted by Gasteiger charge is -2.07. The van der Waals surface area contributed by atoms with E-state index in [0.717, 1.165) is 4.88 Å². The largest absolute Gasteiger partial charge is 0.396 e. The topological polar surface area (TPSA) is 40.5 Å². The summed E-state index contributed by atoms with van der Waals surface area (Å²) < 4.78 is 0. The highest BCUT2D eigenvalue weighted by Gasteiger charge is 2.11. The van der Waals surface area contributed by atoms with Gasteiger partial charge in [0.05, 0.1) is 16.0 Å². The van der Waals surface area contributed by atoms with Gasteiger partial charge in [0.2, 0.25) is 0 Å². The number of hydrogen-bond acceptors (Lipinski definition) is 3. The molecule has 0 aliphatic heterocycles. The molecule has 4 heteroatoms. The summed E-state index contributed by atoms with van der Waals surface area (Å²) in [5.74, 6) is 0. The Labute approximate surface area is 80.4 Å². The van der Waals surface area contributed by atoms with Crippen LogP contribution < -0.4 is 0 Å². The van der Waals surface area contributed by atoms with Gasteiger partial charge >= 0.3 is 0 Å². The third kappa shape index (κ3) is 2.45. The average molecular weight is 207 g/mol. The van der Waals surface area contributed by atoms with Crippen molar-refractivity contribution < 1.29 is 10.2 Å². The van der Waals surface area contributed by atoms with Crippen molar-refractivity contribution >= 4 is 22.9 Å².